The molecule has 0 heterocycles. The zero-order valence-corrected chi connectivity index (χ0v) is 21.3. The van der Waals surface area contributed by atoms with Crippen LogP contribution < -0.4 is 0 Å². The number of allylic oxidation sites excluding steroid dienone is 3. The van der Waals surface area contributed by atoms with Crippen molar-refractivity contribution in [3.8, 4) is 0 Å². The first-order valence-corrected chi connectivity index (χ1v) is 13.8. The van der Waals surface area contributed by atoms with E-state index in [1.54, 1.807) is 17.2 Å². The van der Waals surface area contributed by atoms with Crippen LogP contribution in [0.25, 0.3) is 0 Å². The average Bonchev–Trinajstić information content (AvgIpc) is 2.76. The minimum Gasteiger partial charge on any atom is -0.481 e. The number of rotatable bonds is 22. The highest BCUT2D eigenvalue weighted by molar-refractivity contribution is 8.04. The van der Waals surface area contributed by atoms with E-state index in [1.807, 2.05) is 30.6 Å². The fourth-order valence-electron chi connectivity index (χ4n) is 3.16. The van der Waals surface area contributed by atoms with Crippen LogP contribution in [0, 0.1) is 5.92 Å². The van der Waals surface area contributed by atoms with E-state index in [0.717, 1.165) is 70.6 Å². The molecule has 4 nitrogen and oxygen atoms in total. The van der Waals surface area contributed by atoms with Gasteiger partial charge < -0.3 is 10.2 Å². The molecule has 0 aromatic heterocycles. The highest BCUT2D eigenvalue weighted by Crippen LogP contribution is 2.20. The first kappa shape index (κ1) is 30.6. The quantitative estimate of drug-likeness (QED) is 0.119. The summed E-state index contributed by atoms with van der Waals surface area (Å²) in [6.45, 7) is 5.69. The lowest BCUT2D eigenvalue weighted by Crippen LogP contribution is -2.15. The van der Waals surface area contributed by atoms with Crippen LogP contribution in [0.4, 0.5) is 0 Å². The van der Waals surface area contributed by atoms with Crippen LogP contribution in [0.1, 0.15) is 90.4 Å². The van der Waals surface area contributed by atoms with Crippen LogP contribution in [-0.2, 0) is 9.59 Å². The van der Waals surface area contributed by atoms with Gasteiger partial charge in [0.15, 0.2) is 0 Å². The summed E-state index contributed by atoms with van der Waals surface area (Å²) in [5.41, 5.74) is 0. The van der Waals surface area contributed by atoms with E-state index in [-0.39, 0.29) is 11.2 Å². The van der Waals surface area contributed by atoms with Gasteiger partial charge in [-0.25, -0.2) is 0 Å². The molecule has 182 valence electrons. The molecule has 0 amide bonds. The molecule has 0 aliphatic carbocycles. The summed E-state index contributed by atoms with van der Waals surface area (Å²) in [4.78, 5) is 22.7. The third kappa shape index (κ3) is 19.3. The molecule has 0 saturated heterocycles. The smallest absolute Gasteiger partial charge is 0.316 e. The Balaban J connectivity index is 3.88. The number of hydrogen-bond acceptors (Lipinski definition) is 4. The Bertz CT molecular complexity index is 584. The van der Waals surface area contributed by atoms with Crippen molar-refractivity contribution in [1.82, 2.24) is 0 Å². The molecule has 2 N–H and O–H groups in total. The number of unbranched alkanes of at least 4 members (excludes halogenated alkanes) is 8. The lowest BCUT2D eigenvalue weighted by atomic mass is 9.99. The van der Waals surface area contributed by atoms with Gasteiger partial charge in [-0.3, -0.25) is 9.59 Å². The average molecular weight is 483 g/mol. The van der Waals surface area contributed by atoms with E-state index in [9.17, 15) is 19.8 Å². The Labute approximate surface area is 203 Å². The standard InChI is InChI=1S/C26H42O4S2/c1-3-5-22-32-24(26(29)30)20-16-12-7-6-10-14-18-23(25(27)28)19-15-11-8-9-13-17-21-31-4-2/h4-5,14,17-18,21-24H,2-3,6-13,15-16,19-20H2,1H3,(H,27,28)(H,29,30). The van der Waals surface area contributed by atoms with E-state index in [0.29, 0.717) is 12.8 Å². The normalized spacial score (nSPS) is 13.8. The second-order valence-electron chi connectivity index (χ2n) is 7.77. The summed E-state index contributed by atoms with van der Waals surface area (Å²) >= 11 is 2.98. The predicted octanol–water partition coefficient (Wildman–Crippen LogP) is 8.43. The molecule has 0 radical (unpaired) electrons. The lowest BCUT2D eigenvalue weighted by molar-refractivity contribution is -0.140. The summed E-state index contributed by atoms with van der Waals surface area (Å²) in [7, 11) is 0. The summed E-state index contributed by atoms with van der Waals surface area (Å²) in [6, 6.07) is 0. The van der Waals surface area contributed by atoms with Crippen LogP contribution >= 0.6 is 23.5 Å². The van der Waals surface area contributed by atoms with Crippen molar-refractivity contribution in [2.45, 2.75) is 95.6 Å². The van der Waals surface area contributed by atoms with Gasteiger partial charge >= 0.3 is 11.9 Å². The minimum absolute atomic E-state index is 0.359. The third-order valence-electron chi connectivity index (χ3n) is 5.03. The van der Waals surface area contributed by atoms with Gasteiger partial charge in [0.05, 0.1) is 5.92 Å². The molecule has 32 heavy (non-hydrogen) atoms. The molecule has 0 aliphatic heterocycles. The molecule has 0 aromatic carbocycles. The number of hydrogen-bond donors (Lipinski definition) is 2. The monoisotopic (exact) mass is 482 g/mol. The number of carbonyl (C=O) groups is 2. The molecule has 2 atom stereocenters. The Morgan fingerprint density at radius 2 is 1.44 bits per heavy atom. The van der Waals surface area contributed by atoms with Crippen molar-refractivity contribution in [2.75, 3.05) is 0 Å². The van der Waals surface area contributed by atoms with Crippen LogP contribution in [-0.4, -0.2) is 27.4 Å². The molecular weight excluding hydrogens is 440 g/mol. The van der Waals surface area contributed by atoms with Crippen molar-refractivity contribution in [3.05, 3.63) is 47.1 Å². The van der Waals surface area contributed by atoms with E-state index in [1.165, 1.54) is 11.8 Å². The molecule has 2 unspecified atom stereocenters. The molecule has 0 fully saturated rings. The van der Waals surface area contributed by atoms with Crippen molar-refractivity contribution < 1.29 is 19.8 Å². The van der Waals surface area contributed by atoms with E-state index < -0.39 is 11.9 Å². The van der Waals surface area contributed by atoms with E-state index in [4.69, 9.17) is 0 Å². The van der Waals surface area contributed by atoms with Crippen molar-refractivity contribution in [3.63, 3.8) is 0 Å². The van der Waals surface area contributed by atoms with Gasteiger partial charge in [0.25, 0.3) is 0 Å². The van der Waals surface area contributed by atoms with Gasteiger partial charge in [0.1, 0.15) is 5.25 Å². The molecule has 0 spiro atoms. The Hall–Kier alpha value is -1.40. The molecule has 0 saturated carbocycles. The maximum Gasteiger partial charge on any atom is 0.316 e. The largest absolute Gasteiger partial charge is 0.481 e. The highest BCUT2D eigenvalue weighted by Gasteiger charge is 2.16. The van der Waals surface area contributed by atoms with Gasteiger partial charge in [-0.1, -0.05) is 76.3 Å². The Morgan fingerprint density at radius 3 is 2.03 bits per heavy atom. The maximum absolute atomic E-state index is 11.5. The van der Waals surface area contributed by atoms with Gasteiger partial charge in [0, 0.05) is 0 Å². The number of carboxylic acids is 2. The van der Waals surface area contributed by atoms with Crippen molar-refractivity contribution in [2.24, 2.45) is 5.92 Å². The highest BCUT2D eigenvalue weighted by atomic mass is 32.2. The van der Waals surface area contributed by atoms with Crippen molar-refractivity contribution in [1.29, 1.82) is 0 Å². The van der Waals surface area contributed by atoms with E-state index >= 15 is 0 Å². The Kier molecular flexibility index (Phi) is 21.8. The van der Waals surface area contributed by atoms with Crippen LogP contribution in [0.2, 0.25) is 0 Å². The molecule has 0 aromatic rings. The molecular formula is C26H42O4S2. The molecule has 0 bridgehead atoms. The topological polar surface area (TPSA) is 74.6 Å². The predicted molar refractivity (Wildman–Crippen MR) is 141 cm³/mol. The second-order valence-corrected chi connectivity index (χ2v) is 9.76. The fraction of sp³-hybridized carbons (Fsp3) is 0.615. The van der Waals surface area contributed by atoms with Gasteiger partial charge in [-0.2, -0.15) is 0 Å². The van der Waals surface area contributed by atoms with E-state index in [2.05, 4.69) is 18.1 Å². The van der Waals surface area contributed by atoms with Crippen LogP contribution in [0.5, 0.6) is 0 Å². The van der Waals surface area contributed by atoms with Crippen molar-refractivity contribution >= 4 is 35.5 Å². The van der Waals surface area contributed by atoms with Gasteiger partial charge in [-0.15, -0.1) is 23.5 Å². The number of carboxylic acid groups (broad SMARTS) is 2. The summed E-state index contributed by atoms with van der Waals surface area (Å²) < 4.78 is 0. The van der Waals surface area contributed by atoms with Gasteiger partial charge in [-0.05, 0) is 61.2 Å². The number of aliphatic carboxylic acids is 2. The van der Waals surface area contributed by atoms with Gasteiger partial charge in [0.2, 0.25) is 0 Å². The maximum atomic E-state index is 11.5. The van der Waals surface area contributed by atoms with Crippen LogP contribution in [0.15, 0.2) is 47.1 Å². The molecule has 6 heteroatoms. The summed E-state index contributed by atoms with van der Waals surface area (Å²) in [6.07, 6.45) is 20.5. The molecule has 0 rings (SSSR count). The third-order valence-corrected chi connectivity index (χ3v) is 6.69. The summed E-state index contributed by atoms with van der Waals surface area (Å²) in [5, 5.41) is 24.1. The summed E-state index contributed by atoms with van der Waals surface area (Å²) in [5.74, 6) is -1.86. The van der Waals surface area contributed by atoms with Crippen LogP contribution in [0.3, 0.4) is 0 Å². The zero-order chi connectivity index (χ0) is 23.9. The zero-order valence-electron chi connectivity index (χ0n) is 19.6. The SMILES string of the molecule is C=CSC=CCCCCCCC(C=CCCCCCCC(SC=CCC)C(=O)O)C(=O)O. The Morgan fingerprint density at radius 1 is 0.812 bits per heavy atom. The fourth-order valence-corrected chi connectivity index (χ4v) is 4.43. The first-order valence-electron chi connectivity index (χ1n) is 11.9. The number of thioether (sulfide) groups is 2. The minimum atomic E-state index is -0.738. The first-order chi connectivity index (χ1) is 15.5. The molecule has 0 aliphatic rings. The lowest BCUT2D eigenvalue weighted by Gasteiger charge is -2.09. The second kappa shape index (κ2) is 22.8.